The number of nitrogens with one attached hydrogen (secondary N) is 1. The number of halogens is 1. The van der Waals surface area contributed by atoms with Gasteiger partial charge in [0.1, 0.15) is 17.3 Å². The number of benzene rings is 2. The summed E-state index contributed by atoms with van der Waals surface area (Å²) >= 11 is 0. The molecule has 2 aromatic carbocycles. The van der Waals surface area contributed by atoms with Gasteiger partial charge >= 0.3 is 0 Å². The molecule has 0 spiro atoms. The number of aromatic nitrogens is 3. The van der Waals surface area contributed by atoms with Gasteiger partial charge in [-0.05, 0) is 67.6 Å². The fraction of sp³-hybridized carbons (Fsp3) is 0.292. The Morgan fingerprint density at radius 1 is 1.23 bits per heavy atom. The average Bonchev–Trinajstić information content (AvgIpc) is 3.38. The molecule has 1 aliphatic rings. The van der Waals surface area contributed by atoms with Gasteiger partial charge in [0.05, 0.1) is 24.8 Å². The maximum atomic E-state index is 14.7. The molecule has 0 unspecified atom stereocenters. The Morgan fingerprint density at radius 3 is 2.81 bits per heavy atom. The van der Waals surface area contributed by atoms with E-state index in [0.29, 0.717) is 23.7 Å². The van der Waals surface area contributed by atoms with Crippen molar-refractivity contribution in [3.63, 3.8) is 0 Å². The average molecular weight is 418 g/mol. The molecule has 6 nitrogen and oxygen atoms in total. The van der Waals surface area contributed by atoms with Gasteiger partial charge in [-0.2, -0.15) is 5.10 Å². The maximum Gasteiger partial charge on any atom is 0.176 e. The Kier molecular flexibility index (Phi) is 4.90. The lowest BCUT2D eigenvalue weighted by Crippen LogP contribution is -2.25. The number of hydrogen-bond donors (Lipinski definition) is 1. The number of ketones is 1. The van der Waals surface area contributed by atoms with E-state index in [0.717, 1.165) is 46.3 Å². The smallest absolute Gasteiger partial charge is 0.176 e. The van der Waals surface area contributed by atoms with Gasteiger partial charge in [-0.1, -0.05) is 11.2 Å². The molecule has 5 rings (SSSR count). The van der Waals surface area contributed by atoms with Gasteiger partial charge in [-0.3, -0.25) is 9.48 Å². The van der Waals surface area contributed by atoms with Crippen LogP contribution in [0.4, 0.5) is 4.39 Å². The van der Waals surface area contributed by atoms with Gasteiger partial charge in [-0.15, -0.1) is 0 Å². The van der Waals surface area contributed by atoms with Crippen LogP contribution in [-0.4, -0.2) is 33.3 Å². The highest BCUT2D eigenvalue weighted by atomic mass is 19.1. The Bertz CT molecular complexity index is 1290. The third-order valence-electron chi connectivity index (χ3n) is 5.74. The molecule has 31 heavy (non-hydrogen) atoms. The zero-order valence-corrected chi connectivity index (χ0v) is 17.5. The summed E-state index contributed by atoms with van der Waals surface area (Å²) in [5.41, 5.74) is 4.24. The Labute approximate surface area is 179 Å². The van der Waals surface area contributed by atoms with Crippen LogP contribution in [0.15, 0.2) is 47.1 Å². The van der Waals surface area contributed by atoms with E-state index in [9.17, 15) is 9.18 Å². The number of nitrogens with zero attached hydrogens (tertiary/aromatic N) is 3. The SMILES string of the molecule is Cc1cc(Cn2ncc3cc(-c4cc(C(=O)CNC5CC5)cc(F)c4C)ccc32)no1. The molecule has 1 saturated carbocycles. The molecule has 0 amide bonds. The van der Waals surface area contributed by atoms with Crippen LogP contribution in [0.2, 0.25) is 0 Å². The molecule has 2 aromatic heterocycles. The van der Waals surface area contributed by atoms with Gasteiger partial charge in [-0.25, -0.2) is 4.39 Å². The third kappa shape index (κ3) is 4.01. The van der Waals surface area contributed by atoms with Crippen LogP contribution in [0.3, 0.4) is 0 Å². The zero-order chi connectivity index (χ0) is 21.5. The van der Waals surface area contributed by atoms with E-state index in [1.165, 1.54) is 6.07 Å². The second-order valence-electron chi connectivity index (χ2n) is 8.21. The Balaban J connectivity index is 1.46. The van der Waals surface area contributed by atoms with Crippen LogP contribution in [0.25, 0.3) is 22.0 Å². The summed E-state index contributed by atoms with van der Waals surface area (Å²) in [5.74, 6) is 0.293. The summed E-state index contributed by atoms with van der Waals surface area (Å²) in [6.45, 7) is 4.33. The number of carbonyl (C=O) groups excluding carboxylic acids is 1. The molecule has 0 aliphatic heterocycles. The lowest BCUT2D eigenvalue weighted by atomic mass is 9.95. The van der Waals surface area contributed by atoms with Crippen molar-refractivity contribution in [3.05, 3.63) is 71.0 Å². The molecule has 0 radical (unpaired) electrons. The van der Waals surface area contributed by atoms with E-state index in [-0.39, 0.29) is 18.1 Å². The van der Waals surface area contributed by atoms with E-state index in [2.05, 4.69) is 15.6 Å². The van der Waals surface area contributed by atoms with Crippen molar-refractivity contribution in [2.75, 3.05) is 6.54 Å². The number of aryl methyl sites for hydroxylation is 1. The first-order valence-electron chi connectivity index (χ1n) is 10.4. The highest BCUT2D eigenvalue weighted by Crippen LogP contribution is 2.30. The molecule has 7 heteroatoms. The number of hydrogen-bond acceptors (Lipinski definition) is 5. The van der Waals surface area contributed by atoms with Gasteiger partial charge in [0.25, 0.3) is 0 Å². The minimum Gasteiger partial charge on any atom is -0.361 e. The highest BCUT2D eigenvalue weighted by molar-refractivity contribution is 5.99. The molecule has 1 fully saturated rings. The van der Waals surface area contributed by atoms with E-state index in [1.807, 2.05) is 35.9 Å². The molecule has 1 aliphatic carbocycles. The minimum atomic E-state index is -0.371. The standard InChI is InChI=1S/C24H23FN4O2/c1-14-7-20(28-31-14)13-29-23-6-3-16(8-18(23)11-27-29)21-9-17(10-22(25)15(21)2)24(30)12-26-19-4-5-19/h3,6-11,19,26H,4-5,12-13H2,1-2H3. The first-order valence-corrected chi connectivity index (χ1v) is 10.4. The summed E-state index contributed by atoms with van der Waals surface area (Å²) in [6, 6.07) is 11.3. The van der Waals surface area contributed by atoms with Crippen LogP contribution in [-0.2, 0) is 6.54 Å². The molecule has 158 valence electrons. The second kappa shape index (κ2) is 7.74. The zero-order valence-electron chi connectivity index (χ0n) is 17.5. The first kappa shape index (κ1) is 19.6. The van der Waals surface area contributed by atoms with Gasteiger partial charge in [0.2, 0.25) is 0 Å². The first-order chi connectivity index (χ1) is 15.0. The molecule has 2 heterocycles. The molecule has 0 bridgehead atoms. The number of carbonyl (C=O) groups is 1. The second-order valence-corrected chi connectivity index (χ2v) is 8.21. The van der Waals surface area contributed by atoms with Crippen LogP contribution in [0, 0.1) is 19.7 Å². The minimum absolute atomic E-state index is 0.0937. The number of rotatable bonds is 7. The van der Waals surface area contributed by atoms with E-state index < -0.39 is 0 Å². The fourth-order valence-electron chi connectivity index (χ4n) is 3.79. The van der Waals surface area contributed by atoms with Crippen molar-refractivity contribution in [3.8, 4) is 11.1 Å². The summed E-state index contributed by atoms with van der Waals surface area (Å²) < 4.78 is 21.6. The van der Waals surface area contributed by atoms with Crippen molar-refractivity contribution in [2.24, 2.45) is 0 Å². The lowest BCUT2D eigenvalue weighted by molar-refractivity contribution is 0.0990. The van der Waals surface area contributed by atoms with Crippen molar-refractivity contribution in [1.82, 2.24) is 20.3 Å². The van der Waals surface area contributed by atoms with Crippen LogP contribution in [0.1, 0.15) is 40.2 Å². The van der Waals surface area contributed by atoms with E-state index >= 15 is 0 Å². The van der Waals surface area contributed by atoms with Crippen molar-refractivity contribution in [2.45, 2.75) is 39.3 Å². The number of fused-ring (bicyclic) bond motifs is 1. The summed E-state index contributed by atoms with van der Waals surface area (Å²) in [5, 5.41) is 12.6. The molecular weight excluding hydrogens is 395 g/mol. The van der Waals surface area contributed by atoms with Gasteiger partial charge in [0.15, 0.2) is 5.78 Å². The van der Waals surface area contributed by atoms with Crippen molar-refractivity contribution < 1.29 is 13.7 Å². The summed E-state index contributed by atoms with van der Waals surface area (Å²) in [6.07, 6.45) is 3.99. The monoisotopic (exact) mass is 418 g/mol. The van der Waals surface area contributed by atoms with E-state index in [4.69, 9.17) is 4.52 Å². The molecular formula is C24H23FN4O2. The molecule has 1 N–H and O–H groups in total. The largest absolute Gasteiger partial charge is 0.361 e. The normalized spacial score (nSPS) is 13.8. The third-order valence-corrected chi connectivity index (χ3v) is 5.74. The maximum absolute atomic E-state index is 14.7. The van der Waals surface area contributed by atoms with Crippen LogP contribution >= 0.6 is 0 Å². The van der Waals surface area contributed by atoms with Crippen LogP contribution < -0.4 is 5.32 Å². The van der Waals surface area contributed by atoms with Crippen molar-refractivity contribution in [1.29, 1.82) is 0 Å². The molecule has 0 atom stereocenters. The number of Topliss-reactive ketones (excluding diaryl/α,β-unsaturated/α-hetero) is 1. The fourth-order valence-corrected chi connectivity index (χ4v) is 3.79. The van der Waals surface area contributed by atoms with E-state index in [1.54, 1.807) is 19.2 Å². The Hall–Kier alpha value is -3.32. The predicted octanol–water partition coefficient (Wildman–Crippen LogP) is 4.43. The topological polar surface area (TPSA) is 73.0 Å². The lowest BCUT2D eigenvalue weighted by Gasteiger charge is -2.11. The predicted molar refractivity (Wildman–Crippen MR) is 116 cm³/mol. The molecule has 0 saturated heterocycles. The quantitative estimate of drug-likeness (QED) is 0.450. The van der Waals surface area contributed by atoms with Crippen LogP contribution in [0.5, 0.6) is 0 Å². The van der Waals surface area contributed by atoms with Gasteiger partial charge in [0, 0.05) is 23.1 Å². The summed E-state index contributed by atoms with van der Waals surface area (Å²) in [4.78, 5) is 12.6. The van der Waals surface area contributed by atoms with Crippen molar-refractivity contribution >= 4 is 16.7 Å². The molecule has 4 aromatic rings. The highest BCUT2D eigenvalue weighted by Gasteiger charge is 2.22. The van der Waals surface area contributed by atoms with Gasteiger partial charge < -0.3 is 9.84 Å². The Morgan fingerprint density at radius 2 is 2.06 bits per heavy atom. The summed E-state index contributed by atoms with van der Waals surface area (Å²) in [7, 11) is 0.